The molecule has 1 N–H and O–H groups in total. The quantitative estimate of drug-likeness (QED) is 0.767. The summed E-state index contributed by atoms with van der Waals surface area (Å²) in [6, 6.07) is 0.688. The van der Waals surface area contributed by atoms with Crippen molar-refractivity contribution in [1.29, 1.82) is 0 Å². The highest BCUT2D eigenvalue weighted by Gasteiger charge is 2.73. The van der Waals surface area contributed by atoms with E-state index in [1.165, 1.54) is 0 Å². The fraction of sp³-hybridized carbons (Fsp3) is 0.357. The molecule has 0 amide bonds. The SMILES string of the molecule is O=C(O)C1(C(F)F)C=Cc2cc(C(F)(F)C(F)(F)C(F)(F)F)ccc2O1. The monoisotopic (exact) mass is 394 g/mol. The van der Waals surface area contributed by atoms with Gasteiger partial charge in [-0.3, -0.25) is 0 Å². The molecule has 0 bridgehead atoms. The molecule has 144 valence electrons. The maximum atomic E-state index is 13.7. The Labute approximate surface area is 138 Å². The molecule has 0 saturated carbocycles. The molecule has 0 spiro atoms. The normalized spacial score (nSPS) is 20.7. The van der Waals surface area contributed by atoms with Gasteiger partial charge in [0.2, 0.25) is 0 Å². The second-order valence-electron chi connectivity index (χ2n) is 5.23. The molecular weight excluding hydrogens is 387 g/mol. The molecule has 1 aliphatic rings. The standard InChI is InChI=1S/C14H7F9O3/c15-9(16)11(10(24)25)4-3-6-5-7(1-2-8(6)26-11)12(17,18)13(19,20)14(21,22)23/h1-5,9H,(H,24,25). The minimum absolute atomic E-state index is 0.107. The van der Waals surface area contributed by atoms with E-state index in [-0.39, 0.29) is 18.2 Å². The predicted molar refractivity (Wildman–Crippen MR) is 67.4 cm³/mol. The summed E-state index contributed by atoms with van der Waals surface area (Å²) in [5.41, 5.74) is -5.48. The Morgan fingerprint density at radius 2 is 1.65 bits per heavy atom. The summed E-state index contributed by atoms with van der Waals surface area (Å²) in [5.74, 6) is -14.9. The van der Waals surface area contributed by atoms with Crippen LogP contribution >= 0.6 is 0 Å². The smallest absolute Gasteiger partial charge is 0.460 e. The second kappa shape index (κ2) is 5.81. The van der Waals surface area contributed by atoms with Gasteiger partial charge in [-0.25, -0.2) is 13.6 Å². The number of benzene rings is 1. The number of ether oxygens (including phenoxy) is 1. The lowest BCUT2D eigenvalue weighted by atomic mass is 9.95. The molecule has 1 heterocycles. The zero-order valence-electron chi connectivity index (χ0n) is 12.1. The molecule has 1 atom stereocenters. The Bertz CT molecular complexity index is 755. The summed E-state index contributed by atoms with van der Waals surface area (Å²) >= 11 is 0. The molecule has 3 nitrogen and oxygen atoms in total. The summed E-state index contributed by atoms with van der Waals surface area (Å²) < 4.78 is 121. The number of rotatable bonds is 4. The van der Waals surface area contributed by atoms with Gasteiger partial charge in [-0.15, -0.1) is 0 Å². The largest absolute Gasteiger partial charge is 0.478 e. The molecule has 0 saturated heterocycles. The Balaban J connectivity index is 2.50. The van der Waals surface area contributed by atoms with Gasteiger partial charge in [0.05, 0.1) is 0 Å². The fourth-order valence-corrected chi connectivity index (χ4v) is 2.08. The first kappa shape index (κ1) is 19.9. The van der Waals surface area contributed by atoms with E-state index in [9.17, 15) is 44.3 Å². The van der Waals surface area contributed by atoms with Crippen LogP contribution < -0.4 is 4.74 Å². The average molecular weight is 394 g/mol. The zero-order chi connectivity index (χ0) is 20.1. The number of carbonyl (C=O) groups is 1. The highest BCUT2D eigenvalue weighted by Crippen LogP contribution is 2.52. The van der Waals surface area contributed by atoms with Crippen LogP contribution in [0.5, 0.6) is 5.75 Å². The minimum atomic E-state index is -6.55. The van der Waals surface area contributed by atoms with Crippen LogP contribution in [0.1, 0.15) is 11.1 Å². The number of alkyl halides is 9. The van der Waals surface area contributed by atoms with Crippen molar-refractivity contribution in [2.24, 2.45) is 0 Å². The number of carboxylic acids is 1. The number of aliphatic carboxylic acids is 1. The van der Waals surface area contributed by atoms with Crippen LogP contribution in [0.4, 0.5) is 39.5 Å². The lowest BCUT2D eigenvalue weighted by molar-refractivity contribution is -0.359. The molecule has 12 heteroatoms. The maximum absolute atomic E-state index is 13.7. The molecule has 2 rings (SSSR count). The fourth-order valence-electron chi connectivity index (χ4n) is 2.08. The van der Waals surface area contributed by atoms with Gasteiger partial charge in [-0.2, -0.15) is 30.7 Å². The molecule has 0 aliphatic carbocycles. The third-order valence-electron chi connectivity index (χ3n) is 3.57. The topological polar surface area (TPSA) is 46.5 Å². The van der Waals surface area contributed by atoms with Gasteiger partial charge in [0, 0.05) is 11.1 Å². The van der Waals surface area contributed by atoms with Gasteiger partial charge in [0.1, 0.15) is 5.75 Å². The molecule has 26 heavy (non-hydrogen) atoms. The first-order valence-corrected chi connectivity index (χ1v) is 6.53. The Morgan fingerprint density at radius 1 is 1.08 bits per heavy atom. The van der Waals surface area contributed by atoms with Gasteiger partial charge in [-0.1, -0.05) is 6.08 Å². The van der Waals surface area contributed by atoms with Crippen LogP contribution in [0.2, 0.25) is 0 Å². The number of carboxylic acid groups (broad SMARTS) is 1. The van der Waals surface area contributed by atoms with Crippen molar-refractivity contribution in [2.75, 3.05) is 0 Å². The summed E-state index contributed by atoms with van der Waals surface area (Å²) in [5, 5.41) is 8.86. The lowest BCUT2D eigenvalue weighted by Crippen LogP contribution is -2.51. The molecule has 1 aromatic carbocycles. The van der Waals surface area contributed by atoms with Crippen LogP contribution in [0.3, 0.4) is 0 Å². The summed E-state index contributed by atoms with van der Waals surface area (Å²) in [6.07, 6.45) is -9.29. The third kappa shape index (κ3) is 2.76. The molecule has 1 aliphatic heterocycles. The van der Waals surface area contributed by atoms with Crippen molar-refractivity contribution >= 4 is 12.0 Å². The highest BCUT2D eigenvalue weighted by atomic mass is 19.4. The van der Waals surface area contributed by atoms with Gasteiger partial charge >= 0.3 is 24.0 Å². The van der Waals surface area contributed by atoms with Crippen molar-refractivity contribution in [3.8, 4) is 5.75 Å². The number of halogens is 9. The summed E-state index contributed by atoms with van der Waals surface area (Å²) in [4.78, 5) is 11.0. The molecule has 1 unspecified atom stereocenters. The van der Waals surface area contributed by atoms with Crippen molar-refractivity contribution < 1.29 is 54.2 Å². The third-order valence-corrected chi connectivity index (χ3v) is 3.57. The molecular formula is C14H7F9O3. The van der Waals surface area contributed by atoms with Crippen molar-refractivity contribution in [3.05, 3.63) is 35.4 Å². The zero-order valence-corrected chi connectivity index (χ0v) is 12.1. The molecule has 1 aromatic rings. The van der Waals surface area contributed by atoms with Crippen LogP contribution in [0, 0.1) is 0 Å². The average Bonchev–Trinajstić information content (AvgIpc) is 2.51. The summed E-state index contributed by atoms with van der Waals surface area (Å²) in [7, 11) is 0. The van der Waals surface area contributed by atoms with Crippen LogP contribution in [0.25, 0.3) is 6.08 Å². The van der Waals surface area contributed by atoms with Crippen LogP contribution in [0.15, 0.2) is 24.3 Å². The van der Waals surface area contributed by atoms with E-state index < -0.39 is 52.9 Å². The van der Waals surface area contributed by atoms with Crippen molar-refractivity contribution in [3.63, 3.8) is 0 Å². The van der Waals surface area contributed by atoms with Gasteiger partial charge in [0.25, 0.3) is 12.0 Å². The van der Waals surface area contributed by atoms with E-state index >= 15 is 0 Å². The maximum Gasteiger partial charge on any atom is 0.460 e. The first-order chi connectivity index (χ1) is 11.7. The number of hydrogen-bond acceptors (Lipinski definition) is 2. The summed E-state index contributed by atoms with van der Waals surface area (Å²) in [6.45, 7) is 0. The van der Waals surface area contributed by atoms with Crippen LogP contribution in [-0.2, 0) is 10.7 Å². The van der Waals surface area contributed by atoms with Crippen molar-refractivity contribution in [1.82, 2.24) is 0 Å². The van der Waals surface area contributed by atoms with E-state index in [1.54, 1.807) is 0 Å². The number of fused-ring (bicyclic) bond motifs is 1. The number of hydrogen-bond donors (Lipinski definition) is 1. The van der Waals surface area contributed by atoms with Gasteiger partial charge in [0.15, 0.2) is 0 Å². The predicted octanol–water partition coefficient (Wildman–Crippen LogP) is 4.47. The van der Waals surface area contributed by atoms with Gasteiger partial charge < -0.3 is 9.84 Å². The van der Waals surface area contributed by atoms with Crippen molar-refractivity contribution in [2.45, 2.75) is 30.0 Å². The van der Waals surface area contributed by atoms with E-state index in [4.69, 9.17) is 5.11 Å². The second-order valence-corrected chi connectivity index (χ2v) is 5.23. The van der Waals surface area contributed by atoms with E-state index in [0.29, 0.717) is 12.1 Å². The van der Waals surface area contributed by atoms with E-state index in [0.717, 1.165) is 0 Å². The lowest BCUT2D eigenvalue weighted by Gasteiger charge is -2.32. The van der Waals surface area contributed by atoms with Crippen LogP contribution in [-0.4, -0.2) is 35.2 Å². The molecule has 0 fully saturated rings. The van der Waals surface area contributed by atoms with E-state index in [1.807, 2.05) is 0 Å². The molecule has 0 radical (unpaired) electrons. The Morgan fingerprint density at radius 3 is 2.12 bits per heavy atom. The van der Waals surface area contributed by atoms with E-state index in [2.05, 4.69) is 4.74 Å². The first-order valence-electron chi connectivity index (χ1n) is 6.53. The highest BCUT2D eigenvalue weighted by molar-refractivity contribution is 5.84. The minimum Gasteiger partial charge on any atom is -0.478 e. The van der Waals surface area contributed by atoms with Gasteiger partial charge in [-0.05, 0) is 24.3 Å². The molecule has 0 aromatic heterocycles. The Kier molecular flexibility index (Phi) is 4.45. The Hall–Kier alpha value is -2.40.